The summed E-state index contributed by atoms with van der Waals surface area (Å²) in [4.78, 5) is 0.982. The summed E-state index contributed by atoms with van der Waals surface area (Å²) >= 11 is 1.49. The monoisotopic (exact) mass is 275 g/mol. The molecule has 0 amide bonds. The van der Waals surface area contributed by atoms with Crippen LogP contribution in [0.2, 0.25) is 0 Å². The van der Waals surface area contributed by atoms with E-state index in [-0.39, 0.29) is 5.75 Å². The quantitative estimate of drug-likeness (QED) is 0.792. The van der Waals surface area contributed by atoms with Gasteiger partial charge in [0.05, 0.1) is 12.9 Å². The molecule has 0 saturated carbocycles. The second-order valence-corrected chi connectivity index (χ2v) is 7.05. The summed E-state index contributed by atoms with van der Waals surface area (Å²) < 4.78 is 27.2. The molecule has 2 N–H and O–H groups in total. The lowest BCUT2D eigenvalue weighted by Gasteiger charge is -2.09. The Kier molecular flexibility index (Phi) is 5.30. The zero-order chi connectivity index (χ0) is 12.9. The standard InChI is InChI=1S/C11H17NO3S2/c1-15-10-4-3-9(8-12)11(7-10)16-5-6-17(2,13)14/h3-4,7H,5-6,8,12H2,1-2H3. The number of hydrogen-bond acceptors (Lipinski definition) is 5. The van der Waals surface area contributed by atoms with Crippen molar-refractivity contribution < 1.29 is 13.2 Å². The van der Waals surface area contributed by atoms with E-state index in [1.807, 2.05) is 18.2 Å². The first-order valence-corrected chi connectivity index (χ1v) is 8.18. The number of rotatable bonds is 6. The minimum Gasteiger partial charge on any atom is -0.497 e. The first-order valence-electron chi connectivity index (χ1n) is 5.14. The average molecular weight is 275 g/mol. The molecule has 96 valence electrons. The molecule has 0 aliphatic carbocycles. The predicted molar refractivity (Wildman–Crippen MR) is 71.3 cm³/mol. The van der Waals surface area contributed by atoms with Crippen LogP contribution < -0.4 is 10.5 Å². The fourth-order valence-electron chi connectivity index (χ4n) is 1.27. The Hall–Kier alpha value is -0.720. The van der Waals surface area contributed by atoms with E-state index in [0.29, 0.717) is 12.3 Å². The molecule has 0 atom stereocenters. The van der Waals surface area contributed by atoms with Gasteiger partial charge in [0.1, 0.15) is 15.6 Å². The van der Waals surface area contributed by atoms with Crippen LogP contribution in [0.4, 0.5) is 0 Å². The van der Waals surface area contributed by atoms with Crippen molar-refractivity contribution in [1.82, 2.24) is 0 Å². The van der Waals surface area contributed by atoms with Gasteiger partial charge in [-0.1, -0.05) is 6.07 Å². The number of hydrogen-bond donors (Lipinski definition) is 1. The van der Waals surface area contributed by atoms with Crippen LogP contribution in [-0.2, 0) is 16.4 Å². The van der Waals surface area contributed by atoms with Crippen LogP contribution in [-0.4, -0.2) is 33.3 Å². The molecule has 17 heavy (non-hydrogen) atoms. The summed E-state index contributed by atoms with van der Waals surface area (Å²) in [5, 5.41) is 0. The van der Waals surface area contributed by atoms with Crippen LogP contribution in [0.5, 0.6) is 5.75 Å². The van der Waals surface area contributed by atoms with Crippen LogP contribution in [0.15, 0.2) is 23.1 Å². The Bertz CT molecular complexity index is 472. The average Bonchev–Trinajstić information content (AvgIpc) is 2.27. The normalized spacial score (nSPS) is 11.5. The van der Waals surface area contributed by atoms with Gasteiger partial charge in [0.15, 0.2) is 0 Å². The van der Waals surface area contributed by atoms with Crippen molar-refractivity contribution in [2.24, 2.45) is 5.73 Å². The maximum Gasteiger partial charge on any atom is 0.148 e. The lowest BCUT2D eigenvalue weighted by Crippen LogP contribution is -2.06. The van der Waals surface area contributed by atoms with Gasteiger partial charge in [-0.3, -0.25) is 0 Å². The van der Waals surface area contributed by atoms with Gasteiger partial charge in [0.2, 0.25) is 0 Å². The van der Waals surface area contributed by atoms with Gasteiger partial charge in [-0.2, -0.15) is 0 Å². The molecule has 1 aromatic rings. The number of nitrogens with two attached hydrogens (primary N) is 1. The fraction of sp³-hybridized carbons (Fsp3) is 0.455. The van der Waals surface area contributed by atoms with Crippen LogP contribution in [0.25, 0.3) is 0 Å². The summed E-state index contributed by atoms with van der Waals surface area (Å²) in [5.74, 6) is 1.45. The van der Waals surface area contributed by atoms with E-state index in [1.54, 1.807) is 7.11 Å². The van der Waals surface area contributed by atoms with Crippen molar-refractivity contribution >= 4 is 21.6 Å². The third kappa shape index (κ3) is 4.97. The number of benzene rings is 1. The van der Waals surface area contributed by atoms with E-state index in [9.17, 15) is 8.42 Å². The zero-order valence-corrected chi connectivity index (χ0v) is 11.6. The molecule has 0 heterocycles. The van der Waals surface area contributed by atoms with Crippen molar-refractivity contribution in [2.45, 2.75) is 11.4 Å². The number of thioether (sulfide) groups is 1. The molecular weight excluding hydrogens is 258 g/mol. The Labute approximate surface area is 106 Å². The SMILES string of the molecule is COc1ccc(CN)c(SCCS(C)(=O)=O)c1. The van der Waals surface area contributed by atoms with Gasteiger partial charge in [0, 0.05) is 23.4 Å². The van der Waals surface area contributed by atoms with E-state index in [0.717, 1.165) is 16.2 Å². The molecule has 0 aliphatic heterocycles. The first kappa shape index (κ1) is 14.3. The third-order valence-electron chi connectivity index (χ3n) is 2.21. The molecule has 0 spiro atoms. The third-order valence-corrected chi connectivity index (χ3v) is 4.51. The molecule has 4 nitrogen and oxygen atoms in total. The Morgan fingerprint density at radius 1 is 1.41 bits per heavy atom. The molecule has 1 aromatic carbocycles. The molecule has 0 radical (unpaired) electrons. The summed E-state index contributed by atoms with van der Waals surface area (Å²) in [5.41, 5.74) is 6.63. The van der Waals surface area contributed by atoms with E-state index in [2.05, 4.69) is 0 Å². The highest BCUT2D eigenvalue weighted by Gasteiger charge is 2.07. The van der Waals surface area contributed by atoms with E-state index >= 15 is 0 Å². The lowest BCUT2D eigenvalue weighted by atomic mass is 10.2. The summed E-state index contributed by atoms with van der Waals surface area (Å²) in [7, 11) is -1.31. The smallest absolute Gasteiger partial charge is 0.148 e. The van der Waals surface area contributed by atoms with Crippen LogP contribution in [0, 0.1) is 0 Å². The van der Waals surface area contributed by atoms with Gasteiger partial charge < -0.3 is 10.5 Å². The Morgan fingerprint density at radius 2 is 2.12 bits per heavy atom. The molecule has 0 aromatic heterocycles. The minimum absolute atomic E-state index is 0.166. The summed E-state index contributed by atoms with van der Waals surface area (Å²) in [6.07, 6.45) is 1.24. The highest BCUT2D eigenvalue weighted by atomic mass is 32.2. The van der Waals surface area contributed by atoms with Gasteiger partial charge in [-0.05, 0) is 17.7 Å². The molecule has 0 fully saturated rings. The maximum atomic E-state index is 11.0. The Morgan fingerprint density at radius 3 is 2.65 bits per heavy atom. The van der Waals surface area contributed by atoms with Gasteiger partial charge >= 0.3 is 0 Å². The van der Waals surface area contributed by atoms with Crippen molar-refractivity contribution in [2.75, 3.05) is 24.9 Å². The Balaban J connectivity index is 2.74. The van der Waals surface area contributed by atoms with Gasteiger partial charge in [-0.15, -0.1) is 11.8 Å². The molecular formula is C11H17NO3S2. The first-order chi connectivity index (χ1) is 7.96. The van der Waals surface area contributed by atoms with Gasteiger partial charge in [-0.25, -0.2) is 8.42 Å². The second kappa shape index (κ2) is 6.28. The van der Waals surface area contributed by atoms with Crippen LogP contribution in [0.3, 0.4) is 0 Å². The highest BCUT2D eigenvalue weighted by Crippen LogP contribution is 2.27. The topological polar surface area (TPSA) is 69.4 Å². The lowest BCUT2D eigenvalue weighted by molar-refractivity contribution is 0.413. The fourth-order valence-corrected chi connectivity index (χ4v) is 3.57. The van der Waals surface area contributed by atoms with Crippen molar-refractivity contribution in [3.8, 4) is 5.75 Å². The molecule has 0 aliphatic rings. The number of methoxy groups -OCH3 is 1. The van der Waals surface area contributed by atoms with E-state index in [1.165, 1.54) is 18.0 Å². The summed E-state index contributed by atoms with van der Waals surface area (Å²) in [6, 6.07) is 5.64. The molecule has 6 heteroatoms. The maximum absolute atomic E-state index is 11.0. The molecule has 1 rings (SSSR count). The molecule has 0 bridgehead atoms. The zero-order valence-electron chi connectivity index (χ0n) is 9.97. The van der Waals surface area contributed by atoms with Crippen molar-refractivity contribution in [1.29, 1.82) is 0 Å². The van der Waals surface area contributed by atoms with Crippen LogP contribution in [0.1, 0.15) is 5.56 Å². The summed E-state index contributed by atoms with van der Waals surface area (Å²) in [6.45, 7) is 0.436. The number of sulfone groups is 1. The van der Waals surface area contributed by atoms with Crippen molar-refractivity contribution in [3.63, 3.8) is 0 Å². The minimum atomic E-state index is -2.91. The predicted octanol–water partition coefficient (Wildman–Crippen LogP) is 1.29. The largest absolute Gasteiger partial charge is 0.497 e. The highest BCUT2D eigenvalue weighted by molar-refractivity contribution is 8.00. The molecule has 0 unspecified atom stereocenters. The van der Waals surface area contributed by atoms with E-state index < -0.39 is 9.84 Å². The van der Waals surface area contributed by atoms with E-state index in [4.69, 9.17) is 10.5 Å². The van der Waals surface area contributed by atoms with Crippen LogP contribution >= 0.6 is 11.8 Å². The number of ether oxygens (including phenoxy) is 1. The second-order valence-electron chi connectivity index (χ2n) is 3.66. The van der Waals surface area contributed by atoms with Crippen molar-refractivity contribution in [3.05, 3.63) is 23.8 Å². The van der Waals surface area contributed by atoms with Gasteiger partial charge in [0.25, 0.3) is 0 Å². The molecule has 0 saturated heterocycles.